The summed E-state index contributed by atoms with van der Waals surface area (Å²) < 4.78 is 0. The fraction of sp³-hybridized carbons (Fsp3) is 0.286. The van der Waals surface area contributed by atoms with E-state index in [2.05, 4.69) is 41.5 Å². The van der Waals surface area contributed by atoms with E-state index >= 15 is 0 Å². The second-order valence-corrected chi connectivity index (χ2v) is 5.01. The molecule has 1 aromatic heterocycles. The van der Waals surface area contributed by atoms with Gasteiger partial charge in [0.05, 0.1) is 11.9 Å². The van der Waals surface area contributed by atoms with E-state index in [1.165, 1.54) is 11.6 Å². The van der Waals surface area contributed by atoms with Crippen LogP contribution in [0.15, 0.2) is 47.4 Å². The van der Waals surface area contributed by atoms with Crippen LogP contribution < -0.4 is 10.9 Å². The molecule has 0 atom stereocenters. The molecule has 0 radical (unpaired) electrons. The topological polar surface area (TPSA) is 57.8 Å². The van der Waals surface area contributed by atoms with Crippen LogP contribution in [0.1, 0.15) is 19.4 Å². The van der Waals surface area contributed by atoms with E-state index < -0.39 is 0 Å². The summed E-state index contributed by atoms with van der Waals surface area (Å²) in [6.45, 7) is 4.20. The lowest BCUT2D eigenvalue weighted by molar-refractivity contribution is 0.563. The summed E-state index contributed by atoms with van der Waals surface area (Å²) in [4.78, 5) is 11.2. The standard InChI is InChI=1S/C14H17N3O/c1-14(2,9-11-6-4-3-5-7-11)16-12-8-13(18)17-15-10-12/h3-8,10H,9H2,1-2H3,(H2,16,17,18). The fourth-order valence-electron chi connectivity index (χ4n) is 1.99. The van der Waals surface area contributed by atoms with Crippen molar-refractivity contribution in [1.82, 2.24) is 10.2 Å². The van der Waals surface area contributed by atoms with Gasteiger partial charge in [0.15, 0.2) is 0 Å². The number of rotatable bonds is 4. The summed E-state index contributed by atoms with van der Waals surface area (Å²) in [5.74, 6) is 0. The van der Waals surface area contributed by atoms with Gasteiger partial charge in [-0.1, -0.05) is 30.3 Å². The van der Waals surface area contributed by atoms with Gasteiger partial charge >= 0.3 is 0 Å². The molecular weight excluding hydrogens is 226 g/mol. The van der Waals surface area contributed by atoms with Gasteiger partial charge in [-0.05, 0) is 25.8 Å². The number of aromatic nitrogens is 2. The molecule has 0 aliphatic rings. The summed E-state index contributed by atoms with van der Waals surface area (Å²) in [5.41, 5.74) is 1.65. The van der Waals surface area contributed by atoms with Gasteiger partial charge in [0.1, 0.15) is 0 Å². The molecule has 18 heavy (non-hydrogen) atoms. The number of hydrogen-bond donors (Lipinski definition) is 2. The molecule has 0 saturated heterocycles. The number of benzene rings is 1. The molecule has 0 fully saturated rings. The molecule has 0 unspecified atom stereocenters. The molecule has 2 aromatic rings. The lowest BCUT2D eigenvalue weighted by Gasteiger charge is -2.27. The average Bonchev–Trinajstić information content (AvgIpc) is 2.28. The molecule has 2 rings (SSSR count). The third kappa shape index (κ3) is 3.45. The molecule has 94 valence electrons. The Kier molecular flexibility index (Phi) is 3.46. The Balaban J connectivity index is 2.10. The minimum Gasteiger partial charge on any atom is -0.378 e. The highest BCUT2D eigenvalue weighted by Crippen LogP contribution is 2.17. The fourth-order valence-corrected chi connectivity index (χ4v) is 1.99. The number of nitrogens with one attached hydrogen (secondary N) is 2. The Hall–Kier alpha value is -2.10. The molecule has 0 aliphatic carbocycles. The Bertz CT molecular complexity index is 561. The Morgan fingerprint density at radius 2 is 2.00 bits per heavy atom. The van der Waals surface area contributed by atoms with Crippen molar-refractivity contribution < 1.29 is 0 Å². The number of aromatic amines is 1. The van der Waals surface area contributed by atoms with Gasteiger partial charge < -0.3 is 5.32 Å². The zero-order valence-corrected chi connectivity index (χ0v) is 10.6. The summed E-state index contributed by atoms with van der Waals surface area (Å²) in [5, 5.41) is 9.46. The maximum absolute atomic E-state index is 11.2. The van der Waals surface area contributed by atoms with Crippen LogP contribution in [-0.4, -0.2) is 15.7 Å². The molecule has 0 amide bonds. The summed E-state index contributed by atoms with van der Waals surface area (Å²) in [7, 11) is 0. The van der Waals surface area contributed by atoms with Gasteiger partial charge in [-0.15, -0.1) is 0 Å². The van der Waals surface area contributed by atoms with Gasteiger partial charge in [-0.3, -0.25) is 4.79 Å². The first-order valence-electron chi connectivity index (χ1n) is 5.92. The van der Waals surface area contributed by atoms with Crippen LogP contribution in [0.5, 0.6) is 0 Å². The molecule has 4 nitrogen and oxygen atoms in total. The molecule has 1 aromatic carbocycles. The largest absolute Gasteiger partial charge is 0.378 e. The van der Waals surface area contributed by atoms with Crippen molar-refractivity contribution in [3.8, 4) is 0 Å². The molecule has 4 heteroatoms. The summed E-state index contributed by atoms with van der Waals surface area (Å²) in [6, 6.07) is 11.8. The third-order valence-electron chi connectivity index (χ3n) is 2.64. The SMILES string of the molecule is CC(C)(Cc1ccccc1)Nc1cn[nH]c(=O)c1. The first-order chi connectivity index (χ1) is 8.55. The monoisotopic (exact) mass is 243 g/mol. The van der Waals surface area contributed by atoms with Crippen LogP contribution >= 0.6 is 0 Å². The minimum absolute atomic E-state index is 0.142. The highest BCUT2D eigenvalue weighted by atomic mass is 16.1. The predicted molar refractivity (Wildman–Crippen MR) is 72.7 cm³/mol. The van der Waals surface area contributed by atoms with Crippen LogP contribution in [-0.2, 0) is 6.42 Å². The van der Waals surface area contributed by atoms with E-state index in [1.54, 1.807) is 6.20 Å². The second-order valence-electron chi connectivity index (χ2n) is 5.01. The minimum atomic E-state index is -0.199. The Morgan fingerprint density at radius 3 is 2.67 bits per heavy atom. The molecule has 1 heterocycles. The van der Waals surface area contributed by atoms with Crippen molar-refractivity contribution in [2.24, 2.45) is 0 Å². The van der Waals surface area contributed by atoms with Crippen molar-refractivity contribution in [2.45, 2.75) is 25.8 Å². The zero-order chi connectivity index (χ0) is 13.0. The lowest BCUT2D eigenvalue weighted by atomic mass is 9.95. The van der Waals surface area contributed by atoms with Crippen molar-refractivity contribution in [2.75, 3.05) is 5.32 Å². The number of anilines is 1. The maximum atomic E-state index is 11.2. The van der Waals surface area contributed by atoms with Crippen LogP contribution in [0.3, 0.4) is 0 Å². The first kappa shape index (κ1) is 12.4. The lowest BCUT2D eigenvalue weighted by Crippen LogP contribution is -2.34. The van der Waals surface area contributed by atoms with Crippen LogP contribution in [0.4, 0.5) is 5.69 Å². The quantitative estimate of drug-likeness (QED) is 0.865. The van der Waals surface area contributed by atoms with Crippen molar-refractivity contribution >= 4 is 5.69 Å². The van der Waals surface area contributed by atoms with Crippen LogP contribution in [0, 0.1) is 0 Å². The predicted octanol–water partition coefficient (Wildman–Crippen LogP) is 2.20. The molecule has 0 aliphatic heterocycles. The zero-order valence-electron chi connectivity index (χ0n) is 10.6. The second kappa shape index (κ2) is 5.04. The van der Waals surface area contributed by atoms with Crippen molar-refractivity contribution in [3.05, 3.63) is 58.5 Å². The number of nitrogens with zero attached hydrogens (tertiary/aromatic N) is 1. The number of H-pyrrole nitrogens is 1. The highest BCUT2D eigenvalue weighted by Gasteiger charge is 2.18. The van der Waals surface area contributed by atoms with Gasteiger partial charge in [0, 0.05) is 11.6 Å². The highest BCUT2D eigenvalue weighted by molar-refractivity contribution is 5.42. The third-order valence-corrected chi connectivity index (χ3v) is 2.64. The number of hydrogen-bond acceptors (Lipinski definition) is 3. The van der Waals surface area contributed by atoms with E-state index in [-0.39, 0.29) is 11.1 Å². The smallest absolute Gasteiger partial charge is 0.266 e. The van der Waals surface area contributed by atoms with Crippen LogP contribution in [0.25, 0.3) is 0 Å². The molecule has 0 spiro atoms. The molecule has 2 N–H and O–H groups in total. The first-order valence-corrected chi connectivity index (χ1v) is 5.92. The molecule has 0 bridgehead atoms. The van der Waals surface area contributed by atoms with Crippen LogP contribution in [0.2, 0.25) is 0 Å². The normalized spacial score (nSPS) is 11.2. The molecule has 0 saturated carbocycles. The van der Waals surface area contributed by atoms with Gasteiger partial charge in [-0.25, -0.2) is 5.10 Å². The van der Waals surface area contributed by atoms with Gasteiger partial charge in [0.2, 0.25) is 0 Å². The van der Waals surface area contributed by atoms with E-state index in [9.17, 15) is 4.79 Å². The van der Waals surface area contributed by atoms with Gasteiger partial charge in [-0.2, -0.15) is 5.10 Å². The van der Waals surface area contributed by atoms with E-state index in [0.29, 0.717) is 0 Å². The Morgan fingerprint density at radius 1 is 1.28 bits per heavy atom. The summed E-state index contributed by atoms with van der Waals surface area (Å²) >= 11 is 0. The summed E-state index contributed by atoms with van der Waals surface area (Å²) in [6.07, 6.45) is 2.49. The van der Waals surface area contributed by atoms with E-state index in [0.717, 1.165) is 12.1 Å². The Labute approximate surface area is 106 Å². The van der Waals surface area contributed by atoms with E-state index in [1.807, 2.05) is 18.2 Å². The van der Waals surface area contributed by atoms with Gasteiger partial charge in [0.25, 0.3) is 5.56 Å². The molecular formula is C14H17N3O. The van der Waals surface area contributed by atoms with Crippen molar-refractivity contribution in [3.63, 3.8) is 0 Å². The van der Waals surface area contributed by atoms with E-state index in [4.69, 9.17) is 0 Å². The average molecular weight is 243 g/mol. The maximum Gasteiger partial charge on any atom is 0.266 e. The van der Waals surface area contributed by atoms with Crippen molar-refractivity contribution in [1.29, 1.82) is 0 Å².